The van der Waals surface area contributed by atoms with Crippen molar-refractivity contribution in [1.29, 1.82) is 0 Å². The fraction of sp³-hybridized carbons (Fsp3) is 0.455. The molecule has 1 fully saturated rings. The second-order valence-electron chi connectivity index (χ2n) is 7.57. The molecule has 2 nitrogen and oxygen atoms in total. The van der Waals surface area contributed by atoms with Crippen LogP contribution in [0.25, 0.3) is 0 Å². The summed E-state index contributed by atoms with van der Waals surface area (Å²) in [6, 6.07) is 18.7. The molecule has 0 aliphatic carbocycles. The van der Waals surface area contributed by atoms with Gasteiger partial charge in [0.15, 0.2) is 0 Å². The highest BCUT2D eigenvalue weighted by atomic mass is 15.2. The van der Waals surface area contributed by atoms with Crippen molar-refractivity contribution >= 4 is 5.69 Å². The molecule has 0 saturated carbocycles. The van der Waals surface area contributed by atoms with Gasteiger partial charge in [-0.25, -0.2) is 0 Å². The Hall–Kier alpha value is -1.80. The second-order valence-corrected chi connectivity index (χ2v) is 7.57. The zero-order valence-corrected chi connectivity index (χ0v) is 14.9. The van der Waals surface area contributed by atoms with E-state index in [0.29, 0.717) is 12.0 Å². The molecule has 24 heavy (non-hydrogen) atoms. The van der Waals surface area contributed by atoms with E-state index >= 15 is 0 Å². The Morgan fingerprint density at radius 3 is 2.75 bits per heavy atom. The maximum absolute atomic E-state index is 2.71. The Morgan fingerprint density at radius 1 is 1.08 bits per heavy atom. The molecule has 2 aromatic carbocycles. The van der Waals surface area contributed by atoms with Crippen molar-refractivity contribution in [3.63, 3.8) is 0 Å². The monoisotopic (exact) mass is 320 g/mol. The van der Waals surface area contributed by atoms with Gasteiger partial charge in [-0.3, -0.25) is 0 Å². The van der Waals surface area contributed by atoms with Crippen molar-refractivity contribution in [1.82, 2.24) is 4.90 Å². The molecule has 0 spiro atoms. The van der Waals surface area contributed by atoms with E-state index < -0.39 is 0 Å². The van der Waals surface area contributed by atoms with Crippen LogP contribution in [0.15, 0.2) is 48.5 Å². The molecule has 126 valence electrons. The molecule has 0 unspecified atom stereocenters. The minimum absolute atomic E-state index is 0.670. The summed E-state index contributed by atoms with van der Waals surface area (Å²) in [5.41, 5.74) is 5.91. The number of hydrogen-bond acceptors (Lipinski definition) is 2. The maximum Gasteiger partial charge on any atom is 0.0405 e. The molecular formula is C22H28N2. The van der Waals surface area contributed by atoms with E-state index in [1.807, 2.05) is 0 Å². The van der Waals surface area contributed by atoms with Gasteiger partial charge in [0.25, 0.3) is 0 Å². The van der Waals surface area contributed by atoms with Gasteiger partial charge in [0, 0.05) is 30.7 Å². The third-order valence-electron chi connectivity index (χ3n) is 5.79. The molecule has 2 atom stereocenters. The molecule has 0 aromatic heterocycles. The van der Waals surface area contributed by atoms with Crippen molar-refractivity contribution in [3.8, 4) is 0 Å². The summed E-state index contributed by atoms with van der Waals surface area (Å²) in [5.74, 6) is 0.670. The highest BCUT2D eigenvalue weighted by Gasteiger charge is 2.39. The van der Waals surface area contributed by atoms with Crippen LogP contribution in [-0.4, -0.2) is 37.6 Å². The average molecular weight is 320 g/mol. The minimum Gasteiger partial charge on any atom is -0.367 e. The van der Waals surface area contributed by atoms with Crippen molar-refractivity contribution in [2.75, 3.05) is 31.6 Å². The molecule has 2 aliphatic rings. The summed E-state index contributed by atoms with van der Waals surface area (Å²) < 4.78 is 0. The largest absolute Gasteiger partial charge is 0.367 e. The summed E-state index contributed by atoms with van der Waals surface area (Å²) in [6.45, 7) is 5.79. The molecule has 2 heteroatoms. The van der Waals surface area contributed by atoms with Gasteiger partial charge in [-0.1, -0.05) is 48.0 Å². The molecule has 1 saturated heterocycles. The van der Waals surface area contributed by atoms with Gasteiger partial charge in [-0.05, 0) is 57.0 Å². The van der Waals surface area contributed by atoms with Gasteiger partial charge in [0.2, 0.25) is 0 Å². The Morgan fingerprint density at radius 2 is 1.92 bits per heavy atom. The summed E-state index contributed by atoms with van der Waals surface area (Å²) in [4.78, 5) is 5.24. The number of hydrogen-bond donors (Lipinski definition) is 0. The van der Waals surface area contributed by atoms with Gasteiger partial charge < -0.3 is 9.80 Å². The quantitative estimate of drug-likeness (QED) is 0.835. The van der Waals surface area contributed by atoms with Crippen LogP contribution in [-0.2, 0) is 6.42 Å². The molecule has 2 aromatic rings. The lowest BCUT2D eigenvalue weighted by Crippen LogP contribution is -2.37. The minimum atomic E-state index is 0.670. The van der Waals surface area contributed by atoms with E-state index in [1.165, 1.54) is 42.7 Å². The number of benzene rings is 2. The lowest BCUT2D eigenvalue weighted by Gasteiger charge is -2.29. The zero-order valence-electron chi connectivity index (χ0n) is 14.9. The molecule has 4 rings (SSSR count). The number of anilines is 1. The third-order valence-corrected chi connectivity index (χ3v) is 5.79. The smallest absolute Gasteiger partial charge is 0.0405 e. The van der Waals surface area contributed by atoms with E-state index in [9.17, 15) is 0 Å². The third kappa shape index (κ3) is 2.95. The predicted molar refractivity (Wildman–Crippen MR) is 102 cm³/mol. The fourth-order valence-electron chi connectivity index (χ4n) is 4.59. The number of likely N-dealkylation sites (tertiary alicyclic amines) is 1. The average Bonchev–Trinajstić information content (AvgIpc) is 2.73. The van der Waals surface area contributed by atoms with E-state index in [2.05, 4.69) is 72.3 Å². The first-order chi connectivity index (χ1) is 11.7. The van der Waals surface area contributed by atoms with Crippen LogP contribution in [0.5, 0.6) is 0 Å². The predicted octanol–water partition coefficient (Wildman–Crippen LogP) is 4.24. The SMILES string of the molecule is Cc1ccc2c(c1)[C@H]1CN(C)CCC[C@@H]1N2CCc1ccccc1. The summed E-state index contributed by atoms with van der Waals surface area (Å²) in [7, 11) is 2.28. The van der Waals surface area contributed by atoms with Gasteiger partial charge in [-0.15, -0.1) is 0 Å². The highest BCUT2D eigenvalue weighted by molar-refractivity contribution is 5.63. The van der Waals surface area contributed by atoms with E-state index in [1.54, 1.807) is 5.56 Å². The van der Waals surface area contributed by atoms with Crippen LogP contribution >= 0.6 is 0 Å². The normalized spacial score (nSPS) is 23.7. The Kier molecular flexibility index (Phi) is 4.32. The first-order valence-electron chi connectivity index (χ1n) is 9.32. The molecular weight excluding hydrogens is 292 g/mol. The summed E-state index contributed by atoms with van der Waals surface area (Å²) in [6.07, 6.45) is 3.76. The highest BCUT2D eigenvalue weighted by Crippen LogP contribution is 2.44. The number of aryl methyl sites for hydroxylation is 1. The first kappa shape index (κ1) is 15.7. The Balaban J connectivity index is 1.63. The van der Waals surface area contributed by atoms with Crippen LogP contribution in [0.2, 0.25) is 0 Å². The van der Waals surface area contributed by atoms with Gasteiger partial charge in [0.05, 0.1) is 0 Å². The molecule has 0 N–H and O–H groups in total. The van der Waals surface area contributed by atoms with E-state index in [-0.39, 0.29) is 0 Å². The van der Waals surface area contributed by atoms with E-state index in [4.69, 9.17) is 0 Å². The van der Waals surface area contributed by atoms with Crippen LogP contribution in [0, 0.1) is 6.92 Å². The number of likely N-dealkylation sites (N-methyl/N-ethyl adjacent to an activating group) is 1. The summed E-state index contributed by atoms with van der Waals surface area (Å²) in [5, 5.41) is 0. The molecule has 2 aliphatic heterocycles. The van der Waals surface area contributed by atoms with Crippen molar-refractivity contribution in [2.24, 2.45) is 0 Å². The van der Waals surface area contributed by atoms with Gasteiger partial charge in [0.1, 0.15) is 0 Å². The van der Waals surface area contributed by atoms with Crippen LogP contribution in [0.3, 0.4) is 0 Å². The van der Waals surface area contributed by atoms with Crippen LogP contribution < -0.4 is 4.90 Å². The number of fused-ring (bicyclic) bond motifs is 3. The Labute approximate surface area is 146 Å². The van der Waals surface area contributed by atoms with E-state index in [0.717, 1.165) is 13.0 Å². The standard InChI is InChI=1S/C22H28N2/c1-17-10-11-22-19(15-17)20-16-23(2)13-6-9-21(20)24(22)14-12-18-7-4-3-5-8-18/h3-5,7-8,10-11,15,20-21H,6,9,12-14,16H2,1-2H3/t20-,21+/m1/s1. The molecule has 0 bridgehead atoms. The second kappa shape index (κ2) is 6.60. The molecule has 0 amide bonds. The molecule has 2 heterocycles. The topological polar surface area (TPSA) is 6.48 Å². The number of nitrogens with zero attached hydrogens (tertiary/aromatic N) is 2. The fourth-order valence-corrected chi connectivity index (χ4v) is 4.59. The first-order valence-corrected chi connectivity index (χ1v) is 9.32. The van der Waals surface area contributed by atoms with Crippen LogP contribution in [0.1, 0.15) is 35.4 Å². The van der Waals surface area contributed by atoms with Crippen molar-refractivity contribution in [2.45, 2.75) is 38.1 Å². The van der Waals surface area contributed by atoms with Gasteiger partial charge in [-0.2, -0.15) is 0 Å². The van der Waals surface area contributed by atoms with Gasteiger partial charge >= 0.3 is 0 Å². The van der Waals surface area contributed by atoms with Crippen LogP contribution in [0.4, 0.5) is 5.69 Å². The number of rotatable bonds is 3. The Bertz CT molecular complexity index is 694. The maximum atomic E-state index is 2.71. The summed E-state index contributed by atoms with van der Waals surface area (Å²) >= 11 is 0. The molecule has 0 radical (unpaired) electrons. The van der Waals surface area contributed by atoms with Crippen molar-refractivity contribution < 1.29 is 0 Å². The lowest BCUT2D eigenvalue weighted by molar-refractivity contribution is 0.330. The van der Waals surface area contributed by atoms with Crippen molar-refractivity contribution in [3.05, 3.63) is 65.2 Å². The lowest BCUT2D eigenvalue weighted by atomic mass is 9.92. The zero-order chi connectivity index (χ0) is 16.5.